The van der Waals surface area contributed by atoms with Crippen LogP contribution < -0.4 is 0 Å². The van der Waals surface area contributed by atoms with Crippen molar-refractivity contribution < 1.29 is 27.9 Å². The number of aliphatic hydroxyl groups is 2. The highest BCUT2D eigenvalue weighted by Crippen LogP contribution is 1.84. The first kappa shape index (κ1) is 17.9. The Bertz CT molecular complexity index is 247. The van der Waals surface area contributed by atoms with Crippen molar-refractivity contribution in [3.8, 4) is 0 Å². The second-order valence-electron chi connectivity index (χ2n) is 3.04. The molecule has 0 amide bonds. The Kier molecular flexibility index (Phi) is 12.3. The third-order valence-electron chi connectivity index (χ3n) is 1.16. The van der Waals surface area contributed by atoms with Gasteiger partial charge in [0.05, 0.1) is 25.1 Å². The van der Waals surface area contributed by atoms with Crippen molar-refractivity contribution in [1.82, 2.24) is 0 Å². The quantitative estimate of drug-likeness (QED) is 0.332. The Morgan fingerprint density at radius 2 is 2.06 bits per heavy atom. The van der Waals surface area contributed by atoms with E-state index in [2.05, 4.69) is 6.58 Å². The van der Waals surface area contributed by atoms with Crippen molar-refractivity contribution in [3.63, 3.8) is 0 Å². The lowest BCUT2D eigenvalue weighted by Crippen LogP contribution is -2.09. The van der Waals surface area contributed by atoms with E-state index in [0.717, 1.165) is 0 Å². The maximum Gasteiger partial charge on any atom is 0.264 e. The van der Waals surface area contributed by atoms with Crippen LogP contribution in [-0.2, 0) is 14.9 Å². The van der Waals surface area contributed by atoms with E-state index in [1.54, 1.807) is 13.0 Å². The monoisotopic (exact) mass is 256 g/mol. The Morgan fingerprint density at radius 3 is 2.31 bits per heavy atom. The van der Waals surface area contributed by atoms with Gasteiger partial charge in [0.15, 0.2) is 0 Å². The lowest BCUT2D eigenvalue weighted by atomic mass is 10.4. The summed E-state index contributed by atoms with van der Waals surface area (Å²) in [6.45, 7) is 5.84. The molecule has 7 heteroatoms. The molecule has 0 aliphatic carbocycles. The smallest absolute Gasteiger partial charge is 0.264 e. The van der Waals surface area contributed by atoms with E-state index in [4.69, 9.17) is 19.5 Å². The average molecular weight is 256 g/mol. The van der Waals surface area contributed by atoms with Gasteiger partial charge in [-0.15, -0.1) is 6.58 Å². The molecule has 0 heterocycles. The Labute approximate surface area is 96.3 Å². The molecule has 0 rings (SSSR count). The van der Waals surface area contributed by atoms with E-state index in [-0.39, 0.29) is 24.9 Å². The molecule has 1 unspecified atom stereocenters. The molecule has 0 aromatic carbocycles. The van der Waals surface area contributed by atoms with Crippen molar-refractivity contribution >= 4 is 10.1 Å². The number of hydrogen-bond acceptors (Lipinski definition) is 5. The van der Waals surface area contributed by atoms with E-state index in [1.807, 2.05) is 0 Å². The van der Waals surface area contributed by atoms with Crippen LogP contribution in [0.3, 0.4) is 0 Å². The standard InChI is InChI=1S/C6H12O2.C3H8O4S/c1-3-4-8-5-6(2)7;4-2-1-3-8(5,6)7/h3,6-7H,1,4-5H2,2H3;4H,1-3H2,(H,5,6,7). The van der Waals surface area contributed by atoms with Crippen LogP contribution >= 0.6 is 0 Å². The Morgan fingerprint density at radius 1 is 1.50 bits per heavy atom. The van der Waals surface area contributed by atoms with Crippen LogP contribution in [0.5, 0.6) is 0 Å². The highest BCUT2D eigenvalue weighted by molar-refractivity contribution is 7.85. The van der Waals surface area contributed by atoms with Crippen molar-refractivity contribution in [2.45, 2.75) is 19.4 Å². The predicted octanol–water partition coefficient (Wildman–Crippen LogP) is -0.174. The zero-order chi connectivity index (χ0) is 13.0. The summed E-state index contributed by atoms with van der Waals surface area (Å²) in [7, 11) is -3.85. The van der Waals surface area contributed by atoms with E-state index in [0.29, 0.717) is 13.2 Å². The maximum absolute atomic E-state index is 9.83. The summed E-state index contributed by atoms with van der Waals surface area (Å²) in [5.74, 6) is -0.358. The zero-order valence-electron chi connectivity index (χ0n) is 9.37. The van der Waals surface area contributed by atoms with Gasteiger partial charge >= 0.3 is 0 Å². The van der Waals surface area contributed by atoms with Gasteiger partial charge in [-0.2, -0.15) is 8.42 Å². The molecule has 98 valence electrons. The molecule has 0 saturated carbocycles. The van der Waals surface area contributed by atoms with Crippen LogP contribution in [0.25, 0.3) is 0 Å². The molecule has 0 aliphatic rings. The first-order chi connectivity index (χ1) is 7.33. The van der Waals surface area contributed by atoms with Gasteiger partial charge in [-0.25, -0.2) is 0 Å². The van der Waals surface area contributed by atoms with E-state index in [9.17, 15) is 8.42 Å². The van der Waals surface area contributed by atoms with Gasteiger partial charge in [-0.3, -0.25) is 4.55 Å². The highest BCUT2D eigenvalue weighted by atomic mass is 32.2. The van der Waals surface area contributed by atoms with Gasteiger partial charge in [0, 0.05) is 6.61 Å². The van der Waals surface area contributed by atoms with E-state index in [1.165, 1.54) is 0 Å². The summed E-state index contributed by atoms with van der Waals surface area (Å²) < 4.78 is 32.6. The minimum absolute atomic E-state index is 0.0961. The van der Waals surface area contributed by atoms with Gasteiger partial charge in [-0.05, 0) is 13.3 Å². The fourth-order valence-electron chi connectivity index (χ4n) is 0.569. The third kappa shape index (κ3) is 23.4. The number of ether oxygens (including phenoxy) is 1. The fraction of sp³-hybridized carbons (Fsp3) is 0.778. The molecule has 16 heavy (non-hydrogen) atoms. The van der Waals surface area contributed by atoms with E-state index >= 15 is 0 Å². The van der Waals surface area contributed by atoms with Crippen LogP contribution in [0, 0.1) is 0 Å². The van der Waals surface area contributed by atoms with Crippen molar-refractivity contribution in [2.24, 2.45) is 0 Å². The molecular weight excluding hydrogens is 236 g/mol. The molecule has 0 aromatic rings. The molecule has 0 aromatic heterocycles. The van der Waals surface area contributed by atoms with Gasteiger partial charge in [-0.1, -0.05) is 6.08 Å². The molecule has 0 fully saturated rings. The number of hydrogen-bond donors (Lipinski definition) is 3. The second-order valence-corrected chi connectivity index (χ2v) is 4.61. The van der Waals surface area contributed by atoms with Crippen LogP contribution in [0.4, 0.5) is 0 Å². The summed E-state index contributed by atoms with van der Waals surface area (Å²) in [6, 6.07) is 0. The molecule has 1 atom stereocenters. The predicted molar refractivity (Wildman–Crippen MR) is 60.8 cm³/mol. The molecular formula is C9H20O6S. The molecule has 3 N–H and O–H groups in total. The normalized spacial score (nSPS) is 12.5. The van der Waals surface area contributed by atoms with Crippen LogP contribution in [0.15, 0.2) is 12.7 Å². The Balaban J connectivity index is 0. The number of aliphatic hydroxyl groups excluding tert-OH is 2. The third-order valence-corrected chi connectivity index (χ3v) is 1.96. The first-order valence-corrected chi connectivity index (χ1v) is 6.37. The molecule has 0 saturated heterocycles. The molecule has 0 bridgehead atoms. The molecule has 0 spiro atoms. The van der Waals surface area contributed by atoms with Crippen LogP contribution in [0.2, 0.25) is 0 Å². The summed E-state index contributed by atoms with van der Waals surface area (Å²) in [5, 5.41) is 16.7. The van der Waals surface area contributed by atoms with Gasteiger partial charge < -0.3 is 14.9 Å². The van der Waals surface area contributed by atoms with E-state index < -0.39 is 10.1 Å². The molecule has 6 nitrogen and oxygen atoms in total. The zero-order valence-corrected chi connectivity index (χ0v) is 10.2. The van der Waals surface area contributed by atoms with Gasteiger partial charge in [0.25, 0.3) is 10.1 Å². The maximum atomic E-state index is 9.83. The largest absolute Gasteiger partial charge is 0.396 e. The topological polar surface area (TPSA) is 104 Å². The molecule has 0 aliphatic heterocycles. The van der Waals surface area contributed by atoms with Crippen LogP contribution in [-0.4, -0.2) is 54.9 Å². The van der Waals surface area contributed by atoms with Crippen LogP contribution in [0.1, 0.15) is 13.3 Å². The van der Waals surface area contributed by atoms with Crippen molar-refractivity contribution in [2.75, 3.05) is 25.6 Å². The summed E-state index contributed by atoms with van der Waals surface area (Å²) in [4.78, 5) is 0. The first-order valence-electron chi connectivity index (χ1n) is 4.76. The lowest BCUT2D eigenvalue weighted by Gasteiger charge is -2.01. The highest BCUT2D eigenvalue weighted by Gasteiger charge is 2.00. The second kappa shape index (κ2) is 11.0. The average Bonchev–Trinajstić information content (AvgIpc) is 2.14. The van der Waals surface area contributed by atoms with Gasteiger partial charge in [0.2, 0.25) is 0 Å². The minimum Gasteiger partial charge on any atom is -0.396 e. The Hall–Kier alpha value is -0.470. The molecule has 0 radical (unpaired) electrons. The summed E-state index contributed by atoms with van der Waals surface area (Å²) >= 11 is 0. The SMILES string of the molecule is C=CCOCC(C)O.O=S(=O)(O)CCCO. The van der Waals surface area contributed by atoms with Crippen molar-refractivity contribution in [1.29, 1.82) is 0 Å². The summed E-state index contributed by atoms with van der Waals surface area (Å²) in [6.07, 6.45) is 1.39. The fourth-order valence-corrected chi connectivity index (χ4v) is 1.06. The summed E-state index contributed by atoms with van der Waals surface area (Å²) in [5.41, 5.74) is 0. The number of rotatable bonds is 7. The van der Waals surface area contributed by atoms with Crippen molar-refractivity contribution in [3.05, 3.63) is 12.7 Å². The lowest BCUT2D eigenvalue weighted by molar-refractivity contribution is 0.0599. The van der Waals surface area contributed by atoms with Gasteiger partial charge in [0.1, 0.15) is 0 Å². The minimum atomic E-state index is -3.85.